The molecule has 1 N–H and O–H groups in total. The summed E-state index contributed by atoms with van der Waals surface area (Å²) < 4.78 is 6.81. The number of hydrogen-bond acceptors (Lipinski definition) is 5. The van der Waals surface area contributed by atoms with Crippen LogP contribution in [0.2, 0.25) is 0 Å². The highest BCUT2D eigenvalue weighted by atomic mass is 32.2. The van der Waals surface area contributed by atoms with Gasteiger partial charge < -0.3 is 14.6 Å². The third-order valence-electron chi connectivity index (χ3n) is 2.81. The summed E-state index contributed by atoms with van der Waals surface area (Å²) in [5.74, 6) is 0.591. The van der Waals surface area contributed by atoms with Crippen LogP contribution < -0.4 is 5.32 Å². The van der Waals surface area contributed by atoms with Crippen molar-refractivity contribution >= 4 is 17.7 Å². The molecule has 1 heterocycles. The molecule has 18 heavy (non-hydrogen) atoms. The second kappa shape index (κ2) is 6.80. The Kier molecular flexibility index (Phi) is 5.68. The molecular formula is C12H21N3O2S. The minimum absolute atomic E-state index is 0.218. The van der Waals surface area contributed by atoms with E-state index in [-0.39, 0.29) is 5.97 Å². The van der Waals surface area contributed by atoms with E-state index in [1.807, 2.05) is 31.7 Å². The zero-order valence-electron chi connectivity index (χ0n) is 11.4. The summed E-state index contributed by atoms with van der Waals surface area (Å²) in [5.41, 5.74) is -0.623. The number of ether oxygens (including phenoxy) is 1. The lowest BCUT2D eigenvalue weighted by atomic mass is 9.99. The third kappa shape index (κ3) is 3.74. The summed E-state index contributed by atoms with van der Waals surface area (Å²) in [6.45, 7) is 4.59. The van der Waals surface area contributed by atoms with Gasteiger partial charge in [0.15, 0.2) is 5.16 Å². The van der Waals surface area contributed by atoms with Gasteiger partial charge in [-0.25, -0.2) is 4.98 Å². The highest BCUT2D eigenvalue weighted by molar-refractivity contribution is 7.99. The predicted molar refractivity (Wildman–Crippen MR) is 72.6 cm³/mol. The standard InChI is InChI=1S/C12H21N3O2S/c1-5-14-12(2,10(16)17-4)6-9-18-11-13-7-8-15(11)3/h7-8,14H,5-6,9H2,1-4H3. The fraction of sp³-hybridized carbons (Fsp3) is 0.667. The van der Waals surface area contributed by atoms with Crippen molar-refractivity contribution in [3.05, 3.63) is 12.4 Å². The summed E-state index contributed by atoms with van der Waals surface area (Å²) in [6, 6.07) is 0. The molecule has 0 aromatic carbocycles. The number of rotatable bonds is 7. The largest absolute Gasteiger partial charge is 0.468 e. The summed E-state index contributed by atoms with van der Waals surface area (Å²) in [5, 5.41) is 4.15. The number of aryl methyl sites for hydroxylation is 1. The number of nitrogens with one attached hydrogen (secondary N) is 1. The lowest BCUT2D eigenvalue weighted by molar-refractivity contribution is -0.147. The Labute approximate surface area is 112 Å². The quantitative estimate of drug-likeness (QED) is 0.601. The Bertz CT molecular complexity index is 394. The van der Waals surface area contributed by atoms with Crippen LogP contribution >= 0.6 is 11.8 Å². The van der Waals surface area contributed by atoms with Gasteiger partial charge in [-0.2, -0.15) is 0 Å². The number of aromatic nitrogens is 2. The van der Waals surface area contributed by atoms with Crippen LogP contribution in [0.4, 0.5) is 0 Å². The predicted octanol–water partition coefficient (Wildman–Crippen LogP) is 1.44. The van der Waals surface area contributed by atoms with E-state index in [0.29, 0.717) is 6.42 Å². The van der Waals surface area contributed by atoms with E-state index in [1.54, 1.807) is 18.0 Å². The minimum Gasteiger partial charge on any atom is -0.468 e. The first-order valence-corrected chi connectivity index (χ1v) is 6.95. The van der Waals surface area contributed by atoms with Crippen LogP contribution in [-0.2, 0) is 16.6 Å². The van der Waals surface area contributed by atoms with Gasteiger partial charge in [-0.05, 0) is 19.9 Å². The second-order valence-electron chi connectivity index (χ2n) is 4.27. The van der Waals surface area contributed by atoms with Crippen molar-refractivity contribution in [2.24, 2.45) is 7.05 Å². The normalized spacial score (nSPS) is 14.2. The van der Waals surface area contributed by atoms with E-state index in [1.165, 1.54) is 7.11 Å². The molecule has 0 spiro atoms. The van der Waals surface area contributed by atoms with E-state index in [9.17, 15) is 4.79 Å². The van der Waals surface area contributed by atoms with Gasteiger partial charge in [-0.1, -0.05) is 18.7 Å². The van der Waals surface area contributed by atoms with Crippen LogP contribution in [0.15, 0.2) is 17.6 Å². The number of imidazole rings is 1. The Hall–Kier alpha value is -1.01. The topological polar surface area (TPSA) is 56.2 Å². The summed E-state index contributed by atoms with van der Waals surface area (Å²) in [4.78, 5) is 16.0. The third-order valence-corrected chi connectivity index (χ3v) is 3.87. The molecule has 6 heteroatoms. The molecule has 0 saturated carbocycles. The van der Waals surface area contributed by atoms with Gasteiger partial charge >= 0.3 is 5.97 Å². The molecule has 0 bridgehead atoms. The van der Waals surface area contributed by atoms with Gasteiger partial charge in [0, 0.05) is 25.2 Å². The SMILES string of the molecule is CCNC(C)(CCSc1nccn1C)C(=O)OC. The van der Waals surface area contributed by atoms with Crippen molar-refractivity contribution in [1.29, 1.82) is 0 Å². The van der Waals surface area contributed by atoms with Gasteiger partial charge in [0.25, 0.3) is 0 Å². The number of nitrogens with zero attached hydrogens (tertiary/aromatic N) is 2. The van der Waals surface area contributed by atoms with Crippen molar-refractivity contribution in [1.82, 2.24) is 14.9 Å². The van der Waals surface area contributed by atoms with Gasteiger partial charge in [0.2, 0.25) is 0 Å². The number of carbonyl (C=O) groups excluding carboxylic acids is 1. The van der Waals surface area contributed by atoms with Crippen LogP contribution in [-0.4, -0.2) is 40.5 Å². The molecule has 0 aliphatic rings. The summed E-state index contributed by atoms with van der Waals surface area (Å²) >= 11 is 1.64. The number of methoxy groups -OCH3 is 1. The number of hydrogen-bond donors (Lipinski definition) is 1. The Morgan fingerprint density at radius 2 is 2.39 bits per heavy atom. The van der Waals surface area contributed by atoms with Crippen molar-refractivity contribution in [2.45, 2.75) is 31.0 Å². The molecule has 0 fully saturated rings. The van der Waals surface area contributed by atoms with Crippen LogP contribution in [0.3, 0.4) is 0 Å². The van der Waals surface area contributed by atoms with Crippen LogP contribution in [0.25, 0.3) is 0 Å². The molecule has 5 nitrogen and oxygen atoms in total. The van der Waals surface area contributed by atoms with E-state index in [0.717, 1.165) is 17.5 Å². The average Bonchev–Trinajstić information content (AvgIpc) is 2.74. The molecule has 1 rings (SSSR count). The first-order chi connectivity index (χ1) is 8.53. The molecule has 1 atom stereocenters. The van der Waals surface area contributed by atoms with Gasteiger partial charge in [0.1, 0.15) is 5.54 Å². The molecule has 0 saturated heterocycles. The van der Waals surface area contributed by atoms with Gasteiger partial charge in [0.05, 0.1) is 7.11 Å². The first-order valence-electron chi connectivity index (χ1n) is 5.97. The smallest absolute Gasteiger partial charge is 0.325 e. The molecule has 1 aromatic rings. The molecule has 1 aromatic heterocycles. The van der Waals surface area contributed by atoms with E-state index < -0.39 is 5.54 Å². The maximum absolute atomic E-state index is 11.8. The maximum Gasteiger partial charge on any atom is 0.325 e. The van der Waals surface area contributed by atoms with Crippen molar-refractivity contribution in [3.8, 4) is 0 Å². The second-order valence-corrected chi connectivity index (χ2v) is 5.34. The molecule has 0 radical (unpaired) electrons. The highest BCUT2D eigenvalue weighted by Gasteiger charge is 2.32. The zero-order chi connectivity index (χ0) is 13.6. The van der Waals surface area contributed by atoms with Crippen LogP contribution in [0.1, 0.15) is 20.3 Å². The summed E-state index contributed by atoms with van der Waals surface area (Å²) in [6.07, 6.45) is 4.38. The molecule has 1 unspecified atom stereocenters. The number of thioether (sulfide) groups is 1. The van der Waals surface area contributed by atoms with E-state index >= 15 is 0 Å². The van der Waals surface area contributed by atoms with Crippen molar-refractivity contribution in [2.75, 3.05) is 19.4 Å². The van der Waals surface area contributed by atoms with E-state index in [4.69, 9.17) is 4.74 Å². The first kappa shape index (κ1) is 15.0. The molecular weight excluding hydrogens is 250 g/mol. The van der Waals surface area contributed by atoms with Gasteiger partial charge in [-0.15, -0.1) is 0 Å². The van der Waals surface area contributed by atoms with Crippen molar-refractivity contribution in [3.63, 3.8) is 0 Å². The van der Waals surface area contributed by atoms with E-state index in [2.05, 4.69) is 10.3 Å². The fourth-order valence-corrected chi connectivity index (χ4v) is 2.81. The molecule has 102 valence electrons. The Morgan fingerprint density at radius 1 is 1.67 bits per heavy atom. The van der Waals surface area contributed by atoms with Crippen LogP contribution in [0.5, 0.6) is 0 Å². The lowest BCUT2D eigenvalue weighted by Crippen LogP contribution is -2.50. The molecule has 0 aliphatic heterocycles. The van der Waals surface area contributed by atoms with Gasteiger partial charge in [-0.3, -0.25) is 4.79 Å². The average molecular weight is 271 g/mol. The maximum atomic E-state index is 11.8. The summed E-state index contributed by atoms with van der Waals surface area (Å²) in [7, 11) is 3.38. The molecule has 0 aliphatic carbocycles. The molecule has 0 amide bonds. The Balaban J connectivity index is 2.53. The lowest BCUT2D eigenvalue weighted by Gasteiger charge is -2.27. The zero-order valence-corrected chi connectivity index (χ0v) is 12.2. The van der Waals surface area contributed by atoms with Crippen LogP contribution in [0, 0.1) is 0 Å². The Morgan fingerprint density at radius 3 is 2.89 bits per heavy atom. The fourth-order valence-electron chi connectivity index (χ4n) is 1.72. The number of likely N-dealkylation sites (N-methyl/N-ethyl adjacent to an activating group) is 1. The number of carbonyl (C=O) groups is 1. The minimum atomic E-state index is -0.623. The van der Waals surface area contributed by atoms with Crippen molar-refractivity contribution < 1.29 is 9.53 Å². The monoisotopic (exact) mass is 271 g/mol. The highest BCUT2D eigenvalue weighted by Crippen LogP contribution is 2.21. The number of esters is 1.